The van der Waals surface area contributed by atoms with Crippen LogP contribution in [0.4, 0.5) is 0 Å². The van der Waals surface area contributed by atoms with E-state index in [-0.39, 0.29) is 46.5 Å². The van der Waals surface area contributed by atoms with E-state index >= 15 is 0 Å². The van der Waals surface area contributed by atoms with Gasteiger partial charge in [-0.2, -0.15) is 6.08 Å². The van der Waals surface area contributed by atoms with E-state index in [1.807, 2.05) is 0 Å². The Morgan fingerprint density at radius 1 is 1.45 bits per heavy atom. The van der Waals surface area contributed by atoms with Crippen LogP contribution in [0.2, 0.25) is 0 Å². The number of halogens is 2. The van der Waals surface area contributed by atoms with Crippen molar-refractivity contribution in [1.82, 2.24) is 0 Å². The van der Waals surface area contributed by atoms with Crippen LogP contribution in [0.3, 0.4) is 0 Å². The largest absolute Gasteiger partial charge is 0.269 e. The fourth-order valence-electron chi connectivity index (χ4n) is 0.891. The molecule has 0 aliphatic heterocycles. The first-order valence-electron chi connectivity index (χ1n) is 3.19. The first-order chi connectivity index (χ1) is 3.93. The molecule has 0 saturated heterocycles. The van der Waals surface area contributed by atoms with E-state index in [1.165, 1.54) is 18.4 Å². The minimum absolute atomic E-state index is 0. The number of hydrogen-bond acceptors (Lipinski definition) is 0. The number of rotatable bonds is 2. The fourth-order valence-corrected chi connectivity index (χ4v) is 0.891. The van der Waals surface area contributed by atoms with Crippen LogP contribution in [0, 0.1) is 6.08 Å². The van der Waals surface area contributed by atoms with Gasteiger partial charge in [0.25, 0.3) is 0 Å². The summed E-state index contributed by atoms with van der Waals surface area (Å²) in [5.41, 5.74) is 1.40. The Hall–Kier alpha value is 0.774. The normalized spacial score (nSPS) is 12.3. The van der Waals surface area contributed by atoms with Gasteiger partial charge in [-0.3, -0.25) is 6.08 Å². The van der Waals surface area contributed by atoms with E-state index in [4.69, 9.17) is 0 Å². The van der Waals surface area contributed by atoms with Crippen molar-refractivity contribution in [2.45, 2.75) is 26.2 Å². The van der Waals surface area contributed by atoms with Gasteiger partial charge >= 0.3 is 0 Å². The van der Waals surface area contributed by atoms with E-state index in [9.17, 15) is 0 Å². The van der Waals surface area contributed by atoms with Crippen LogP contribution in [-0.4, -0.2) is 0 Å². The molecule has 0 atom stereocenters. The summed E-state index contributed by atoms with van der Waals surface area (Å²) in [5.74, 6) is 0. The summed E-state index contributed by atoms with van der Waals surface area (Å²) in [7, 11) is 0. The molecule has 64 valence electrons. The second kappa shape index (κ2) is 10.8. The van der Waals surface area contributed by atoms with E-state index in [1.54, 1.807) is 0 Å². The summed E-state index contributed by atoms with van der Waals surface area (Å²) in [6, 6.07) is 0. The van der Waals surface area contributed by atoms with Crippen molar-refractivity contribution in [3.05, 3.63) is 23.8 Å². The Morgan fingerprint density at radius 2 is 2.09 bits per heavy atom. The van der Waals surface area contributed by atoms with Crippen LogP contribution in [0.5, 0.6) is 0 Å². The Balaban J connectivity index is -0.000000213. The number of allylic oxidation sites excluding steroid dienone is 4. The zero-order valence-electron chi connectivity index (χ0n) is 6.59. The van der Waals surface area contributed by atoms with Gasteiger partial charge in [-0.05, 0) is 0 Å². The van der Waals surface area contributed by atoms with Crippen LogP contribution in [0.15, 0.2) is 17.7 Å². The minimum atomic E-state index is 0. The third-order valence-corrected chi connectivity index (χ3v) is 1.29. The molecule has 0 radical (unpaired) electrons. The Bertz CT molecular complexity index is 130. The smallest absolute Gasteiger partial charge is 0 e. The standard InChI is InChI=1S/C8H11.2ClH.Ti/c1-2-5-8-6-3-4-7-8;;;/h3,6H,2,4-5H2,1H3;2*1H;/q-1;;;. The zero-order valence-corrected chi connectivity index (χ0v) is 9.79. The van der Waals surface area contributed by atoms with Crippen molar-refractivity contribution in [2.24, 2.45) is 0 Å². The Labute approximate surface area is 96.2 Å². The van der Waals surface area contributed by atoms with Gasteiger partial charge in [0.15, 0.2) is 0 Å². The molecule has 0 heterocycles. The molecule has 3 heteroatoms. The molecule has 0 spiro atoms. The maximum Gasteiger partial charge on any atom is 0 e. The second-order valence-electron chi connectivity index (χ2n) is 2.06. The van der Waals surface area contributed by atoms with Crippen molar-refractivity contribution in [3.63, 3.8) is 0 Å². The average molecular weight is 228 g/mol. The molecule has 0 unspecified atom stereocenters. The van der Waals surface area contributed by atoms with E-state index in [0.29, 0.717) is 0 Å². The van der Waals surface area contributed by atoms with Gasteiger partial charge < -0.3 is 0 Å². The average Bonchev–Trinajstić information content (AvgIpc) is 2.19. The van der Waals surface area contributed by atoms with Gasteiger partial charge in [0, 0.05) is 21.7 Å². The Morgan fingerprint density at radius 3 is 2.45 bits per heavy atom. The van der Waals surface area contributed by atoms with E-state index < -0.39 is 0 Å². The molecule has 1 rings (SSSR count). The van der Waals surface area contributed by atoms with Gasteiger partial charge in [0.05, 0.1) is 0 Å². The molecule has 0 aromatic heterocycles. The predicted molar refractivity (Wildman–Crippen MR) is 49.9 cm³/mol. The molecule has 0 bridgehead atoms. The van der Waals surface area contributed by atoms with Crippen LogP contribution in [-0.2, 0) is 21.7 Å². The number of hydrogen-bond donors (Lipinski definition) is 0. The summed E-state index contributed by atoms with van der Waals surface area (Å²) < 4.78 is 0. The molecule has 0 aromatic rings. The van der Waals surface area contributed by atoms with E-state index in [2.05, 4.69) is 25.2 Å². The third kappa shape index (κ3) is 7.15. The molecule has 1 aliphatic rings. The first-order valence-corrected chi connectivity index (χ1v) is 3.19. The molecular weight excluding hydrogens is 215 g/mol. The van der Waals surface area contributed by atoms with Gasteiger partial charge in [-0.1, -0.05) is 19.8 Å². The molecule has 1 aliphatic carbocycles. The maximum absolute atomic E-state index is 3.26. The maximum atomic E-state index is 3.26. The summed E-state index contributed by atoms with van der Waals surface area (Å²) >= 11 is 0. The topological polar surface area (TPSA) is 0 Å². The molecular formula is C8H13Cl2Ti-. The Kier molecular flexibility index (Phi) is 17.4. The van der Waals surface area contributed by atoms with Crippen molar-refractivity contribution < 1.29 is 21.7 Å². The zero-order chi connectivity index (χ0) is 5.82. The third-order valence-electron chi connectivity index (χ3n) is 1.29. The van der Waals surface area contributed by atoms with Gasteiger partial charge in [0.2, 0.25) is 0 Å². The summed E-state index contributed by atoms with van der Waals surface area (Å²) in [5, 5.41) is 0. The van der Waals surface area contributed by atoms with Gasteiger partial charge in [-0.15, -0.1) is 31.2 Å². The molecule has 0 aromatic carbocycles. The van der Waals surface area contributed by atoms with Crippen LogP contribution >= 0.6 is 24.8 Å². The van der Waals surface area contributed by atoms with Crippen molar-refractivity contribution in [2.75, 3.05) is 0 Å². The van der Waals surface area contributed by atoms with E-state index in [0.717, 1.165) is 6.42 Å². The molecule has 0 N–H and O–H groups in total. The summed E-state index contributed by atoms with van der Waals surface area (Å²) in [6.07, 6.45) is 11.1. The van der Waals surface area contributed by atoms with Crippen molar-refractivity contribution in [3.8, 4) is 0 Å². The van der Waals surface area contributed by atoms with Crippen LogP contribution in [0.1, 0.15) is 26.2 Å². The fraction of sp³-hybridized carbons (Fsp3) is 0.500. The van der Waals surface area contributed by atoms with Gasteiger partial charge in [-0.25, -0.2) is 11.6 Å². The SMILES string of the molecule is CCCC1=[C-]CC=C1.Cl.Cl.[Ti]. The monoisotopic (exact) mass is 227 g/mol. The minimum Gasteiger partial charge on any atom is -0.269 e. The predicted octanol–water partition coefficient (Wildman–Crippen LogP) is 3.32. The first kappa shape index (κ1) is 17.8. The molecule has 0 saturated carbocycles. The summed E-state index contributed by atoms with van der Waals surface area (Å²) in [6.45, 7) is 2.20. The van der Waals surface area contributed by atoms with Crippen molar-refractivity contribution >= 4 is 24.8 Å². The molecule has 0 fully saturated rings. The van der Waals surface area contributed by atoms with Crippen molar-refractivity contribution in [1.29, 1.82) is 0 Å². The van der Waals surface area contributed by atoms with Gasteiger partial charge in [0.1, 0.15) is 0 Å². The summed E-state index contributed by atoms with van der Waals surface area (Å²) in [4.78, 5) is 0. The molecule has 0 nitrogen and oxygen atoms in total. The second-order valence-corrected chi connectivity index (χ2v) is 2.06. The van der Waals surface area contributed by atoms with Crippen LogP contribution in [0.25, 0.3) is 0 Å². The van der Waals surface area contributed by atoms with Crippen LogP contribution < -0.4 is 0 Å². The molecule has 11 heavy (non-hydrogen) atoms. The quantitative estimate of drug-likeness (QED) is 0.502. The molecule has 0 amide bonds.